The van der Waals surface area contributed by atoms with Gasteiger partial charge < -0.3 is 14.9 Å². The number of aromatic amines is 1. The van der Waals surface area contributed by atoms with Crippen LogP contribution < -0.4 is 14.8 Å². The Morgan fingerprint density at radius 3 is 2.11 bits per heavy atom. The lowest BCUT2D eigenvalue weighted by molar-refractivity contribution is -0.540. The van der Waals surface area contributed by atoms with E-state index in [2.05, 4.69) is 133 Å². The second-order valence-electron chi connectivity index (χ2n) is 17.3. The van der Waals surface area contributed by atoms with E-state index < -0.39 is 25.5 Å². The van der Waals surface area contributed by atoms with Crippen LogP contribution >= 0.6 is 21.6 Å². The Morgan fingerprint density at radius 2 is 1.43 bits per heavy atom. The molecule has 3 heterocycles. The molecule has 0 aliphatic carbocycles. The van der Waals surface area contributed by atoms with E-state index in [1.54, 1.807) is 24.3 Å². The number of sulfonamides is 2. The number of nitrogens with two attached hydrogens (primary N) is 1. The van der Waals surface area contributed by atoms with Gasteiger partial charge in [-0.05, 0) is 82.0 Å². The van der Waals surface area contributed by atoms with E-state index >= 15 is 0 Å². The lowest BCUT2D eigenvalue weighted by Crippen LogP contribution is -2.73. The Balaban J connectivity index is 0.895. The van der Waals surface area contributed by atoms with Crippen LogP contribution in [0.15, 0.2) is 107 Å². The van der Waals surface area contributed by atoms with Crippen LogP contribution in [0.3, 0.4) is 0 Å². The molecule has 4 aromatic carbocycles. The van der Waals surface area contributed by atoms with Gasteiger partial charge in [0.25, 0.3) is 0 Å². The standard InChI is InChI=1S/C49H59N6O4S4/c1-33-37(39-15-10-12-18-43(39)53-33)17-14-26-48(3,4)41-31-35(20-23-44(41)50-7)62(56,57)51-27-29-60-61-30-28-52-63(58,59)36-21-24-46-42(32-36)49(5,6)47(55(46)9)25-22-38-34(2)54(8)45-19-13-11-16-40(38)45/h10-25,31-32,50-53H,26-30H2,1-9H3/q+1/p+1/b17-14+. The van der Waals surface area contributed by atoms with Crippen molar-refractivity contribution < 1.29 is 26.7 Å². The average Bonchev–Trinajstić information content (AvgIpc) is 3.78. The van der Waals surface area contributed by atoms with E-state index in [1.165, 1.54) is 54.7 Å². The zero-order valence-electron chi connectivity index (χ0n) is 37.7. The molecule has 0 saturated carbocycles. The maximum atomic E-state index is 13.5. The van der Waals surface area contributed by atoms with Gasteiger partial charge in [0.05, 0.1) is 22.3 Å². The minimum atomic E-state index is -3.76. The molecule has 0 atom stereocenters. The van der Waals surface area contributed by atoms with Crippen molar-refractivity contribution in [3.63, 3.8) is 0 Å². The fourth-order valence-corrected chi connectivity index (χ4v) is 12.9. The predicted molar refractivity (Wildman–Crippen MR) is 266 cm³/mol. The number of rotatable bonds is 18. The van der Waals surface area contributed by atoms with E-state index in [1.807, 2.05) is 43.7 Å². The van der Waals surface area contributed by atoms with Crippen molar-refractivity contribution in [3.8, 4) is 0 Å². The van der Waals surface area contributed by atoms with Gasteiger partial charge in [0, 0.05) is 105 Å². The third kappa shape index (κ3) is 9.54. The van der Waals surface area contributed by atoms with Gasteiger partial charge in [-0.1, -0.05) is 84.0 Å². The smallest absolute Gasteiger partial charge is 0.240 e. The number of nitrogens with zero attached hydrogens (tertiary/aromatic N) is 2. The molecule has 0 bridgehead atoms. The number of hydrogen-bond donors (Lipinski definition) is 4. The molecule has 332 valence electrons. The van der Waals surface area contributed by atoms with Gasteiger partial charge in [-0.15, -0.1) is 0 Å². The van der Waals surface area contributed by atoms with E-state index in [-0.39, 0.29) is 28.3 Å². The maximum absolute atomic E-state index is 13.5. The summed E-state index contributed by atoms with van der Waals surface area (Å²) in [6.45, 7) is 13.3. The normalized spacial score (nSPS) is 14.6. The topological polar surface area (TPSA) is 133 Å². The molecule has 0 radical (unpaired) electrons. The summed E-state index contributed by atoms with van der Waals surface area (Å²) in [6.07, 6.45) is 9.40. The second kappa shape index (κ2) is 18.6. The summed E-state index contributed by atoms with van der Waals surface area (Å²) in [5.41, 5.74) is 11.2. The lowest BCUT2D eigenvalue weighted by Gasteiger charge is -2.25. The van der Waals surface area contributed by atoms with E-state index in [9.17, 15) is 16.8 Å². The minimum Gasteiger partial charge on any atom is -0.358 e. The fraction of sp³-hybridized carbons (Fsp3) is 0.327. The van der Waals surface area contributed by atoms with E-state index in [0.717, 1.165) is 45.8 Å². The zero-order valence-corrected chi connectivity index (χ0v) is 40.9. The van der Waals surface area contributed by atoms with Crippen LogP contribution in [0.4, 0.5) is 11.4 Å². The number of allylic oxidation sites excluding steroid dienone is 2. The molecule has 0 unspecified atom stereocenters. The number of H-pyrrole nitrogens is 1. The fourth-order valence-electron chi connectivity index (χ4n) is 8.76. The first-order chi connectivity index (χ1) is 29.9. The largest absolute Gasteiger partial charge is 0.358 e. The van der Waals surface area contributed by atoms with Crippen molar-refractivity contribution in [2.45, 2.75) is 68.6 Å². The number of aromatic nitrogens is 2. The number of benzene rings is 4. The van der Waals surface area contributed by atoms with Crippen LogP contribution in [0, 0.1) is 13.8 Å². The summed E-state index contributed by atoms with van der Waals surface area (Å²) >= 11 is 0. The van der Waals surface area contributed by atoms with Gasteiger partial charge >= 0.3 is 0 Å². The first-order valence-electron chi connectivity index (χ1n) is 21.3. The molecule has 0 saturated heterocycles. The van der Waals surface area contributed by atoms with E-state index in [4.69, 9.17) is 0 Å². The second-order valence-corrected chi connectivity index (χ2v) is 23.6. The van der Waals surface area contributed by atoms with Gasteiger partial charge in [0.15, 0.2) is 5.71 Å². The van der Waals surface area contributed by atoms with Crippen LogP contribution in [0.1, 0.15) is 67.8 Å². The molecule has 7 rings (SSSR count). The highest BCUT2D eigenvalue weighted by Gasteiger charge is 2.43. The van der Waals surface area contributed by atoms with Crippen LogP contribution in [0.2, 0.25) is 0 Å². The zero-order chi connectivity index (χ0) is 45.3. The Bertz CT molecular complexity index is 3010. The van der Waals surface area contributed by atoms with Crippen molar-refractivity contribution >= 4 is 92.7 Å². The molecule has 10 nitrogen and oxygen atoms in total. The molecule has 0 amide bonds. The summed E-state index contributed by atoms with van der Waals surface area (Å²) in [5.74, 6) is 1.04. The molecule has 2 aromatic heterocycles. The molecule has 6 aromatic rings. The van der Waals surface area contributed by atoms with Gasteiger partial charge in [-0.25, -0.2) is 26.3 Å². The predicted octanol–water partition coefficient (Wildman–Crippen LogP) is 8.84. The Morgan fingerprint density at radius 1 is 0.810 bits per heavy atom. The third-order valence-electron chi connectivity index (χ3n) is 12.4. The quantitative estimate of drug-likeness (QED) is 0.0295. The van der Waals surface area contributed by atoms with Crippen molar-refractivity contribution in [2.75, 3.05) is 38.7 Å². The average molecular weight is 925 g/mol. The summed E-state index contributed by atoms with van der Waals surface area (Å²) in [6, 6.07) is 27.4. The van der Waals surface area contributed by atoms with Crippen molar-refractivity contribution in [1.82, 2.24) is 19.0 Å². The number of nitrogens with one attached hydrogen (secondary N) is 3. The first kappa shape index (κ1) is 46.6. The van der Waals surface area contributed by atoms with Gasteiger partial charge in [0.2, 0.25) is 25.7 Å². The summed E-state index contributed by atoms with van der Waals surface area (Å²) < 4.78 is 63.8. The molecule has 0 spiro atoms. The molecule has 5 N–H and O–H groups in total. The molecule has 14 heteroatoms. The lowest BCUT2D eigenvalue weighted by atomic mass is 9.80. The van der Waals surface area contributed by atoms with Crippen LogP contribution in [0.5, 0.6) is 0 Å². The van der Waals surface area contributed by atoms with Crippen LogP contribution in [-0.4, -0.2) is 75.4 Å². The SMILES string of the molecule is C[NH2+]c1ccc(S(=O)(=O)NCCSSCCNS(=O)(=O)c2ccc3c(c2)C(C)(C)C(/C=C/c2c(C)n(C)c4ccccc24)=[N+]3C)cc1C(C)(C)C/C=C/c1c(C)[nH]c2ccccc12. The van der Waals surface area contributed by atoms with Crippen molar-refractivity contribution in [1.29, 1.82) is 0 Å². The Labute approximate surface area is 381 Å². The maximum Gasteiger partial charge on any atom is 0.240 e. The number of para-hydroxylation sites is 2. The van der Waals surface area contributed by atoms with Crippen molar-refractivity contribution in [3.05, 3.63) is 131 Å². The van der Waals surface area contributed by atoms with E-state index in [0.29, 0.717) is 11.5 Å². The molecule has 63 heavy (non-hydrogen) atoms. The molecule has 1 aliphatic rings. The van der Waals surface area contributed by atoms with Crippen LogP contribution in [-0.2, 0) is 37.9 Å². The monoisotopic (exact) mass is 924 g/mol. The molecule has 0 fully saturated rings. The number of quaternary nitrogens is 1. The summed E-state index contributed by atoms with van der Waals surface area (Å²) in [5, 5.41) is 4.40. The van der Waals surface area contributed by atoms with Gasteiger partial charge in [-0.3, -0.25) is 0 Å². The van der Waals surface area contributed by atoms with Gasteiger partial charge in [-0.2, -0.15) is 4.58 Å². The number of hydrogen-bond acceptors (Lipinski definition) is 6. The highest BCUT2D eigenvalue weighted by Crippen LogP contribution is 2.41. The van der Waals surface area contributed by atoms with Gasteiger partial charge in [0.1, 0.15) is 12.7 Å². The Kier molecular flexibility index (Phi) is 13.7. The number of aryl methyl sites for hydroxylation is 2. The molecule has 1 aliphatic heterocycles. The number of fused-ring (bicyclic) bond motifs is 3. The molecular formula is C49H60N6O4S4+2. The molecular weight excluding hydrogens is 865 g/mol. The highest BCUT2D eigenvalue weighted by atomic mass is 33.1. The third-order valence-corrected chi connectivity index (χ3v) is 17.8. The van der Waals surface area contributed by atoms with Crippen molar-refractivity contribution in [2.24, 2.45) is 7.05 Å². The Hall–Kier alpha value is -4.41. The minimum absolute atomic E-state index is 0.235. The van der Waals surface area contributed by atoms with Crippen LogP contribution in [0.25, 0.3) is 34.0 Å². The summed E-state index contributed by atoms with van der Waals surface area (Å²) in [4.78, 5) is 3.93. The first-order valence-corrected chi connectivity index (χ1v) is 26.7. The highest BCUT2D eigenvalue weighted by molar-refractivity contribution is 8.76. The summed E-state index contributed by atoms with van der Waals surface area (Å²) in [7, 11) is 1.58.